The first-order valence-corrected chi connectivity index (χ1v) is 13.7. The fourth-order valence-corrected chi connectivity index (χ4v) is 6.36. The minimum atomic E-state index is -0.528. The number of azo groups is 1. The van der Waals surface area contributed by atoms with Crippen molar-refractivity contribution in [1.29, 1.82) is 0 Å². The molecule has 3 amide bonds. The molecule has 2 aromatic rings. The molecule has 1 saturated heterocycles. The van der Waals surface area contributed by atoms with Gasteiger partial charge in [0.15, 0.2) is 5.78 Å². The van der Waals surface area contributed by atoms with Gasteiger partial charge in [0, 0.05) is 25.2 Å². The van der Waals surface area contributed by atoms with Crippen LogP contribution in [0.5, 0.6) is 0 Å². The zero-order valence-electron chi connectivity index (χ0n) is 20.7. The maximum atomic E-state index is 13.6. The van der Waals surface area contributed by atoms with Crippen LogP contribution in [0.15, 0.2) is 46.1 Å². The lowest BCUT2D eigenvalue weighted by Gasteiger charge is -2.27. The van der Waals surface area contributed by atoms with Gasteiger partial charge in [-0.3, -0.25) is 15.0 Å². The second-order valence-electron chi connectivity index (χ2n) is 9.91. The lowest BCUT2D eigenvalue weighted by atomic mass is 9.91. The maximum Gasteiger partial charge on any atom is 0.333 e. The number of benzene rings is 1. The van der Waals surface area contributed by atoms with Gasteiger partial charge in [0.2, 0.25) is 0 Å². The van der Waals surface area contributed by atoms with Crippen molar-refractivity contribution in [3.05, 3.63) is 56.8 Å². The van der Waals surface area contributed by atoms with E-state index >= 15 is 0 Å². The van der Waals surface area contributed by atoms with Gasteiger partial charge in [0.1, 0.15) is 11.7 Å². The first-order valence-electron chi connectivity index (χ1n) is 12.9. The number of ketones is 1. The monoisotopic (exact) mass is 535 g/mol. The molecule has 2 aliphatic heterocycles. The third-order valence-corrected chi connectivity index (χ3v) is 8.39. The summed E-state index contributed by atoms with van der Waals surface area (Å²) in [6, 6.07) is 8.14. The number of ether oxygens (including phenoxy) is 1. The number of thiophene rings is 1. The minimum absolute atomic E-state index is 0.0756. The number of Topliss-reactive ketones (excluding diaryl/α,β-unsaturated/α-hetero) is 1. The summed E-state index contributed by atoms with van der Waals surface area (Å²) in [4.78, 5) is 40.4. The molecular weight excluding hydrogens is 506 g/mol. The van der Waals surface area contributed by atoms with Crippen molar-refractivity contribution in [3.8, 4) is 0 Å². The van der Waals surface area contributed by atoms with E-state index in [-0.39, 0.29) is 23.8 Å². The van der Waals surface area contributed by atoms with E-state index in [1.54, 1.807) is 29.3 Å². The zero-order valence-corrected chi connectivity index (χ0v) is 21.6. The van der Waals surface area contributed by atoms with Crippen molar-refractivity contribution in [2.45, 2.75) is 43.8 Å². The Morgan fingerprint density at radius 1 is 1.13 bits per heavy atom. The number of rotatable bonds is 5. The van der Waals surface area contributed by atoms with Crippen LogP contribution in [0.4, 0.5) is 10.5 Å². The molecule has 2 fully saturated rings. The molecule has 1 aromatic carbocycles. The molecule has 4 aliphatic rings. The van der Waals surface area contributed by atoms with Crippen molar-refractivity contribution >= 4 is 40.4 Å². The first-order chi connectivity index (χ1) is 18.5. The van der Waals surface area contributed by atoms with Crippen LogP contribution in [0, 0.1) is 0 Å². The smallest absolute Gasteiger partial charge is 0.333 e. The average molecular weight is 536 g/mol. The van der Waals surface area contributed by atoms with E-state index in [2.05, 4.69) is 26.3 Å². The molecule has 1 saturated carbocycles. The average Bonchev–Trinajstić information content (AvgIpc) is 3.62. The van der Waals surface area contributed by atoms with E-state index < -0.39 is 12.1 Å². The summed E-state index contributed by atoms with van der Waals surface area (Å²) in [6.07, 6.45) is 3.71. The molecule has 2 aliphatic carbocycles. The van der Waals surface area contributed by atoms with Gasteiger partial charge in [-0.25, -0.2) is 9.80 Å². The molecule has 38 heavy (non-hydrogen) atoms. The Morgan fingerprint density at radius 3 is 2.79 bits per heavy atom. The highest BCUT2D eigenvalue weighted by atomic mass is 32.1. The summed E-state index contributed by atoms with van der Waals surface area (Å²) in [5, 5.41) is 16.4. The maximum absolute atomic E-state index is 13.6. The van der Waals surface area contributed by atoms with E-state index in [1.165, 1.54) is 11.3 Å². The molecule has 0 bridgehead atoms. The Balaban J connectivity index is 1.20. The summed E-state index contributed by atoms with van der Waals surface area (Å²) in [7, 11) is 0. The Morgan fingerprint density at radius 2 is 1.97 bits per heavy atom. The van der Waals surface area contributed by atoms with Crippen LogP contribution < -0.4 is 21.8 Å². The van der Waals surface area contributed by atoms with Gasteiger partial charge in [-0.05, 0) is 49.4 Å². The number of nitrogens with zero attached hydrogens (tertiary/aromatic N) is 3. The summed E-state index contributed by atoms with van der Waals surface area (Å²) < 4.78 is 5.31. The van der Waals surface area contributed by atoms with Crippen LogP contribution in [0.2, 0.25) is 0 Å². The summed E-state index contributed by atoms with van der Waals surface area (Å²) >= 11 is 1.29. The van der Waals surface area contributed by atoms with Gasteiger partial charge in [0.05, 0.1) is 39.8 Å². The summed E-state index contributed by atoms with van der Waals surface area (Å²) in [5.74, 6) is -0.362. The second-order valence-corrected chi connectivity index (χ2v) is 11.0. The number of carbonyl (C=O) groups excluding carboxylic acids is 3. The molecule has 0 spiro atoms. The molecular formula is C26H29N7O4S. The van der Waals surface area contributed by atoms with E-state index in [9.17, 15) is 14.4 Å². The highest BCUT2D eigenvalue weighted by molar-refractivity contribution is 7.15. The number of urea groups is 1. The van der Waals surface area contributed by atoms with Crippen molar-refractivity contribution in [3.63, 3.8) is 0 Å². The number of morpholine rings is 1. The van der Waals surface area contributed by atoms with Gasteiger partial charge in [-0.2, -0.15) is 10.2 Å². The molecule has 12 heteroatoms. The normalized spacial score (nSPS) is 24.8. The Bertz CT molecular complexity index is 1350. The number of hydrogen-bond acceptors (Lipinski definition) is 9. The molecule has 5 N–H and O–H groups in total. The van der Waals surface area contributed by atoms with Crippen molar-refractivity contribution in [1.82, 2.24) is 15.8 Å². The van der Waals surface area contributed by atoms with Crippen molar-refractivity contribution < 1.29 is 19.1 Å². The van der Waals surface area contributed by atoms with Crippen LogP contribution in [-0.2, 0) is 4.74 Å². The van der Waals surface area contributed by atoms with E-state index in [0.717, 1.165) is 25.7 Å². The third-order valence-electron chi connectivity index (χ3n) is 7.30. The topological polar surface area (TPSA) is 151 Å². The Hall–Kier alpha value is -3.45. The van der Waals surface area contributed by atoms with E-state index in [1.807, 2.05) is 6.07 Å². The lowest BCUT2D eigenvalue weighted by Crippen LogP contribution is -2.49. The number of nitrogens with two attached hydrogens (primary N) is 1. The van der Waals surface area contributed by atoms with Gasteiger partial charge in [0.25, 0.3) is 5.91 Å². The number of fused-ring (bicyclic) bond motifs is 3. The summed E-state index contributed by atoms with van der Waals surface area (Å²) in [5.41, 5.74) is 11.4. The number of amides is 3. The number of hydrazine groups is 1. The molecule has 3 heterocycles. The largest absolute Gasteiger partial charge is 0.379 e. The van der Waals surface area contributed by atoms with Gasteiger partial charge in [-0.15, -0.1) is 11.3 Å². The number of anilines is 1. The predicted molar refractivity (Wildman–Crippen MR) is 142 cm³/mol. The van der Waals surface area contributed by atoms with Crippen LogP contribution in [0.25, 0.3) is 5.70 Å². The van der Waals surface area contributed by atoms with Gasteiger partial charge in [-0.1, -0.05) is 12.1 Å². The molecule has 11 nitrogen and oxygen atoms in total. The molecule has 6 rings (SSSR count). The molecule has 198 valence electrons. The van der Waals surface area contributed by atoms with E-state index in [4.69, 9.17) is 10.5 Å². The van der Waals surface area contributed by atoms with Crippen LogP contribution >= 0.6 is 11.3 Å². The Labute approximate surface area is 223 Å². The highest BCUT2D eigenvalue weighted by Gasteiger charge is 2.42. The third kappa shape index (κ3) is 4.75. The molecule has 0 radical (unpaired) electrons. The predicted octanol–water partition coefficient (Wildman–Crippen LogP) is 3.23. The lowest BCUT2D eigenvalue weighted by molar-refractivity contribution is 0.0207. The second kappa shape index (κ2) is 10.4. The fraction of sp³-hybridized carbons (Fsp3) is 0.423. The zero-order chi connectivity index (χ0) is 26.2. The number of carbonyl (C=O) groups is 3. The van der Waals surface area contributed by atoms with Crippen LogP contribution in [0.3, 0.4) is 0 Å². The number of hydrogen-bond donors (Lipinski definition) is 4. The molecule has 1 aromatic heterocycles. The van der Waals surface area contributed by atoms with Gasteiger partial charge < -0.3 is 21.1 Å². The Kier molecular flexibility index (Phi) is 6.78. The molecule has 3 atom stereocenters. The fourth-order valence-electron chi connectivity index (χ4n) is 5.45. The number of nitrogens with one attached hydrogen (secondary N) is 3. The van der Waals surface area contributed by atoms with E-state index in [0.29, 0.717) is 64.1 Å². The molecule has 3 unspecified atom stereocenters. The van der Waals surface area contributed by atoms with Crippen molar-refractivity contribution in [2.75, 3.05) is 31.6 Å². The SMILES string of the molecule is NC1CCCC(NC(=O)c2ccc(C3=C4C(=O)c5c(NC(=O)NN6CCOCC6)cccc5C4N=N3)s2)C1. The van der Waals surface area contributed by atoms with Gasteiger partial charge >= 0.3 is 6.03 Å². The standard InChI is InChI=1S/C26H29N7O4S/c27-14-3-1-4-15(13-14)28-25(35)19-8-7-18(38-19)23-21-22(30-31-23)16-5-2-6-17(20(16)24(21)34)29-26(36)32-33-9-11-37-12-10-33/h2,5-8,14-15,22H,1,3-4,9-13,27H2,(H,28,35)(H2,29,32,36). The quantitative estimate of drug-likeness (QED) is 0.462. The van der Waals surface area contributed by atoms with Crippen LogP contribution in [0.1, 0.15) is 62.2 Å². The van der Waals surface area contributed by atoms with Crippen molar-refractivity contribution in [2.24, 2.45) is 16.0 Å². The highest BCUT2D eigenvalue weighted by Crippen LogP contribution is 2.49. The first kappa shape index (κ1) is 24.9. The minimum Gasteiger partial charge on any atom is -0.379 e. The summed E-state index contributed by atoms with van der Waals surface area (Å²) in [6.45, 7) is 2.27. The van der Waals surface area contributed by atoms with Crippen LogP contribution in [-0.4, -0.2) is 61.1 Å².